The van der Waals surface area contributed by atoms with E-state index in [1.54, 1.807) is 46.5 Å². The molecule has 1 aromatic carbocycles. The van der Waals surface area contributed by atoms with Crippen LogP contribution in [-0.4, -0.2) is 72.4 Å². The van der Waals surface area contributed by atoms with Crippen LogP contribution in [0.25, 0.3) is 16.7 Å². The fourth-order valence-corrected chi connectivity index (χ4v) is 4.71. The van der Waals surface area contributed by atoms with Gasteiger partial charge in [-0.25, -0.2) is 9.78 Å². The van der Waals surface area contributed by atoms with Gasteiger partial charge in [0.05, 0.1) is 11.3 Å². The third-order valence-electron chi connectivity index (χ3n) is 6.47. The second-order valence-electron chi connectivity index (χ2n) is 10.6. The molecule has 12 heteroatoms. The SMILES string of the molecule is Cc1cn2cc(NC(=O)c3ccc(N4CCN(C(=O)OC(C)(C)C)CC4)c4cn(C)nc34)c(=O)n(C)c2n1. The van der Waals surface area contributed by atoms with Crippen molar-refractivity contribution in [2.75, 3.05) is 36.4 Å². The summed E-state index contributed by atoms with van der Waals surface area (Å²) in [6, 6.07) is 3.62. The molecule has 0 aliphatic carbocycles. The maximum Gasteiger partial charge on any atom is 0.410 e. The van der Waals surface area contributed by atoms with Crippen LogP contribution in [0, 0.1) is 6.92 Å². The predicted octanol–water partition coefficient (Wildman–Crippen LogP) is 2.54. The van der Waals surface area contributed by atoms with Gasteiger partial charge >= 0.3 is 6.09 Å². The lowest BCUT2D eigenvalue weighted by molar-refractivity contribution is 0.0240. The van der Waals surface area contributed by atoms with Crippen LogP contribution >= 0.6 is 0 Å². The average Bonchev–Trinajstić information content (AvgIpc) is 3.42. The number of fused-ring (bicyclic) bond motifs is 2. The van der Waals surface area contributed by atoms with E-state index in [2.05, 4.69) is 20.3 Å². The molecule has 0 saturated carbocycles. The number of nitrogens with one attached hydrogen (secondary N) is 1. The molecule has 5 rings (SSSR count). The summed E-state index contributed by atoms with van der Waals surface area (Å²) in [6.07, 6.45) is 4.93. The average molecular weight is 521 g/mol. The van der Waals surface area contributed by atoms with Crippen molar-refractivity contribution in [1.29, 1.82) is 0 Å². The second kappa shape index (κ2) is 9.19. The van der Waals surface area contributed by atoms with Crippen LogP contribution in [0.15, 0.2) is 35.5 Å². The number of piperazine rings is 1. The van der Waals surface area contributed by atoms with Crippen molar-refractivity contribution in [3.8, 4) is 0 Å². The molecule has 1 N–H and O–H groups in total. The van der Waals surface area contributed by atoms with Crippen molar-refractivity contribution in [1.82, 2.24) is 28.6 Å². The van der Waals surface area contributed by atoms with E-state index in [0.29, 0.717) is 43.0 Å². The molecule has 1 aliphatic rings. The van der Waals surface area contributed by atoms with Crippen LogP contribution in [-0.2, 0) is 18.8 Å². The minimum absolute atomic E-state index is 0.147. The first-order valence-corrected chi connectivity index (χ1v) is 12.5. The Morgan fingerprint density at radius 3 is 2.42 bits per heavy atom. The van der Waals surface area contributed by atoms with E-state index < -0.39 is 11.5 Å². The van der Waals surface area contributed by atoms with Gasteiger partial charge in [0.15, 0.2) is 0 Å². The van der Waals surface area contributed by atoms with Crippen molar-refractivity contribution >= 4 is 40.1 Å². The number of hydrogen-bond donors (Lipinski definition) is 1. The van der Waals surface area contributed by atoms with E-state index in [9.17, 15) is 14.4 Å². The minimum atomic E-state index is -0.541. The number of amides is 2. The Morgan fingerprint density at radius 2 is 1.74 bits per heavy atom. The molecular formula is C26H32N8O4. The number of carbonyl (C=O) groups excluding carboxylic acids is 2. The summed E-state index contributed by atoms with van der Waals surface area (Å²) in [4.78, 5) is 46.9. The first-order chi connectivity index (χ1) is 17.9. The van der Waals surface area contributed by atoms with Crippen LogP contribution in [0.3, 0.4) is 0 Å². The lowest BCUT2D eigenvalue weighted by atomic mass is 10.1. The number of carbonyl (C=O) groups is 2. The lowest BCUT2D eigenvalue weighted by Crippen LogP contribution is -2.50. The summed E-state index contributed by atoms with van der Waals surface area (Å²) in [5.74, 6) is 0.0667. The Kier molecular flexibility index (Phi) is 6.12. The molecule has 0 radical (unpaired) electrons. The summed E-state index contributed by atoms with van der Waals surface area (Å²) in [5, 5.41) is 8.14. The number of nitrogens with zero attached hydrogens (tertiary/aromatic N) is 7. The molecule has 0 bridgehead atoms. The van der Waals surface area contributed by atoms with E-state index in [1.807, 2.05) is 40.0 Å². The number of imidazole rings is 1. The van der Waals surface area contributed by atoms with E-state index in [1.165, 1.54) is 4.57 Å². The molecule has 1 saturated heterocycles. The number of benzene rings is 1. The zero-order valence-electron chi connectivity index (χ0n) is 22.5. The number of rotatable bonds is 3. The highest BCUT2D eigenvalue weighted by Gasteiger charge is 2.27. The molecule has 2 amide bonds. The Morgan fingerprint density at radius 1 is 1.03 bits per heavy atom. The Bertz CT molecular complexity index is 1620. The monoisotopic (exact) mass is 520 g/mol. The summed E-state index contributed by atoms with van der Waals surface area (Å²) >= 11 is 0. The molecule has 4 heterocycles. The Hall–Kier alpha value is -4.35. The number of aromatic nitrogens is 5. The quantitative estimate of drug-likeness (QED) is 0.441. The molecule has 12 nitrogen and oxygen atoms in total. The lowest BCUT2D eigenvalue weighted by Gasteiger charge is -2.37. The number of anilines is 2. The van der Waals surface area contributed by atoms with Crippen molar-refractivity contribution in [3.05, 3.63) is 52.3 Å². The highest BCUT2D eigenvalue weighted by molar-refractivity contribution is 6.13. The summed E-state index contributed by atoms with van der Waals surface area (Å²) < 4.78 is 10.3. The van der Waals surface area contributed by atoms with Gasteiger partial charge in [-0.05, 0) is 39.8 Å². The van der Waals surface area contributed by atoms with Crippen molar-refractivity contribution in [2.45, 2.75) is 33.3 Å². The van der Waals surface area contributed by atoms with E-state index in [4.69, 9.17) is 4.74 Å². The fraction of sp³-hybridized carbons (Fsp3) is 0.423. The van der Waals surface area contributed by atoms with Crippen LogP contribution < -0.4 is 15.8 Å². The second-order valence-corrected chi connectivity index (χ2v) is 10.6. The highest BCUT2D eigenvalue weighted by Crippen LogP contribution is 2.30. The normalized spacial score (nSPS) is 14.4. The van der Waals surface area contributed by atoms with Gasteiger partial charge in [0.25, 0.3) is 11.5 Å². The molecule has 1 aliphatic heterocycles. The molecule has 4 aromatic rings. The van der Waals surface area contributed by atoms with Crippen LogP contribution in [0.2, 0.25) is 0 Å². The predicted molar refractivity (Wildman–Crippen MR) is 144 cm³/mol. The zero-order valence-corrected chi connectivity index (χ0v) is 22.5. The molecule has 0 unspecified atom stereocenters. The molecule has 3 aromatic heterocycles. The first-order valence-electron chi connectivity index (χ1n) is 12.5. The van der Waals surface area contributed by atoms with E-state index in [-0.39, 0.29) is 17.3 Å². The van der Waals surface area contributed by atoms with Crippen LogP contribution in [0.1, 0.15) is 36.8 Å². The van der Waals surface area contributed by atoms with Gasteiger partial charge in [0.1, 0.15) is 16.8 Å². The molecule has 200 valence electrons. The maximum atomic E-state index is 13.4. The Labute approximate surface area is 219 Å². The molecule has 0 atom stereocenters. The number of ether oxygens (including phenoxy) is 1. The van der Waals surface area contributed by atoms with E-state index >= 15 is 0 Å². The van der Waals surface area contributed by atoms with Gasteiger partial charge in [0.2, 0.25) is 5.78 Å². The van der Waals surface area contributed by atoms with E-state index in [0.717, 1.165) is 16.8 Å². The molecule has 1 fully saturated rings. The molecule has 38 heavy (non-hydrogen) atoms. The minimum Gasteiger partial charge on any atom is -0.444 e. The van der Waals surface area contributed by atoms with Gasteiger partial charge < -0.3 is 19.9 Å². The third-order valence-corrected chi connectivity index (χ3v) is 6.47. The summed E-state index contributed by atoms with van der Waals surface area (Å²) in [6.45, 7) is 9.69. The number of aryl methyl sites for hydroxylation is 3. The Balaban J connectivity index is 1.39. The van der Waals surface area contributed by atoms with Gasteiger partial charge in [-0.3, -0.25) is 23.2 Å². The van der Waals surface area contributed by atoms with Crippen molar-refractivity contribution in [3.63, 3.8) is 0 Å². The standard InChI is InChI=1S/C26H32N8O4/c1-16-13-34-15-19(23(36)31(6)24(34)27-16)28-22(35)17-7-8-20(18-14-30(5)29-21(17)18)32-9-11-33(12-10-32)25(37)38-26(2,3)4/h7-8,13-15H,9-12H2,1-6H3,(H,28,35). The van der Waals surface area contributed by atoms with Crippen molar-refractivity contribution < 1.29 is 14.3 Å². The number of hydrogen-bond acceptors (Lipinski definition) is 7. The smallest absolute Gasteiger partial charge is 0.410 e. The largest absolute Gasteiger partial charge is 0.444 e. The summed E-state index contributed by atoms with van der Waals surface area (Å²) in [5.41, 5.74) is 1.84. The van der Waals surface area contributed by atoms with Crippen molar-refractivity contribution in [2.24, 2.45) is 14.1 Å². The van der Waals surface area contributed by atoms with Gasteiger partial charge in [-0.2, -0.15) is 5.10 Å². The van der Waals surface area contributed by atoms with Gasteiger partial charge in [-0.15, -0.1) is 0 Å². The summed E-state index contributed by atoms with van der Waals surface area (Å²) in [7, 11) is 3.42. The van der Waals surface area contributed by atoms with Crippen LogP contribution in [0.4, 0.5) is 16.2 Å². The topological polar surface area (TPSA) is 119 Å². The zero-order chi connectivity index (χ0) is 27.4. The maximum absolute atomic E-state index is 13.4. The van der Waals surface area contributed by atoms with Gasteiger partial charge in [-0.1, -0.05) is 0 Å². The fourth-order valence-electron chi connectivity index (χ4n) is 4.71. The molecule has 0 spiro atoms. The third kappa shape index (κ3) is 4.69. The van der Waals surface area contributed by atoms with Crippen LogP contribution in [0.5, 0.6) is 0 Å². The highest BCUT2D eigenvalue weighted by atomic mass is 16.6. The molecular weight excluding hydrogens is 488 g/mol. The van der Waals surface area contributed by atoms with Gasteiger partial charge in [0, 0.05) is 69.9 Å². The first kappa shape index (κ1) is 25.3.